The molecule has 4 rings (SSSR count). The molecular weight excluding hydrogens is 226 g/mol. The van der Waals surface area contributed by atoms with Gasteiger partial charge in [0.2, 0.25) is 0 Å². The van der Waals surface area contributed by atoms with Crippen molar-refractivity contribution in [3.8, 4) is 0 Å². The van der Waals surface area contributed by atoms with Crippen LogP contribution >= 0.6 is 0 Å². The smallest absolute Gasteiger partial charge is 0.155 e. The molecule has 0 aromatic heterocycles. The topological polar surface area (TPSA) is 29.5 Å². The van der Waals surface area contributed by atoms with Gasteiger partial charge < -0.3 is 4.74 Å². The summed E-state index contributed by atoms with van der Waals surface area (Å²) in [5.41, 5.74) is 1.17. The Morgan fingerprint density at radius 1 is 1.17 bits per heavy atom. The third-order valence-electron chi connectivity index (χ3n) is 4.09. The molecule has 18 heavy (non-hydrogen) atoms. The van der Waals surface area contributed by atoms with Crippen molar-refractivity contribution in [2.75, 3.05) is 19.7 Å². The number of hydrogen-bond acceptors (Lipinski definition) is 3. The lowest BCUT2D eigenvalue weighted by Crippen LogP contribution is -2.57. The average Bonchev–Trinajstić information content (AvgIpc) is 2.44. The van der Waals surface area contributed by atoms with Crippen molar-refractivity contribution in [3.05, 3.63) is 35.9 Å². The number of rotatable bonds is 4. The molecule has 0 aliphatic carbocycles. The van der Waals surface area contributed by atoms with E-state index in [4.69, 9.17) is 4.74 Å². The molecule has 2 bridgehead atoms. The highest BCUT2D eigenvalue weighted by Gasteiger charge is 2.40. The number of ketones is 1. The van der Waals surface area contributed by atoms with E-state index in [9.17, 15) is 4.79 Å². The molecule has 96 valence electrons. The molecule has 0 amide bonds. The Labute approximate surface area is 108 Å². The molecule has 3 fully saturated rings. The monoisotopic (exact) mass is 245 g/mol. The number of carbonyl (C=O) groups excluding carboxylic acids is 1. The van der Waals surface area contributed by atoms with E-state index in [0.717, 1.165) is 25.9 Å². The molecule has 1 atom stereocenters. The lowest BCUT2D eigenvalue weighted by Gasteiger charge is -2.43. The van der Waals surface area contributed by atoms with Crippen LogP contribution in [-0.2, 0) is 16.1 Å². The second-order valence-corrected chi connectivity index (χ2v) is 5.23. The van der Waals surface area contributed by atoms with Crippen LogP contribution in [0.5, 0.6) is 0 Å². The molecule has 0 spiro atoms. The summed E-state index contributed by atoms with van der Waals surface area (Å²) in [6.45, 7) is 3.28. The van der Waals surface area contributed by atoms with Gasteiger partial charge in [0.1, 0.15) is 0 Å². The van der Waals surface area contributed by atoms with Crippen LogP contribution in [-0.4, -0.2) is 36.4 Å². The molecule has 1 aromatic rings. The van der Waals surface area contributed by atoms with Gasteiger partial charge in [0.25, 0.3) is 0 Å². The fourth-order valence-corrected chi connectivity index (χ4v) is 3.00. The number of ether oxygens (including phenoxy) is 1. The Hall–Kier alpha value is -1.19. The van der Waals surface area contributed by atoms with Gasteiger partial charge in [0.15, 0.2) is 5.78 Å². The van der Waals surface area contributed by atoms with Gasteiger partial charge in [-0.1, -0.05) is 30.3 Å². The number of piperidine rings is 3. The lowest BCUT2D eigenvalue weighted by atomic mass is 9.82. The third kappa shape index (κ3) is 2.33. The van der Waals surface area contributed by atoms with E-state index in [1.165, 1.54) is 5.56 Å². The molecule has 3 aliphatic rings. The minimum atomic E-state index is 0.0150. The Morgan fingerprint density at radius 3 is 2.56 bits per heavy atom. The first-order valence-electron chi connectivity index (χ1n) is 6.74. The summed E-state index contributed by atoms with van der Waals surface area (Å²) in [7, 11) is 0. The molecule has 3 nitrogen and oxygen atoms in total. The van der Waals surface area contributed by atoms with Gasteiger partial charge >= 0.3 is 0 Å². The minimum Gasteiger partial charge on any atom is -0.375 e. The van der Waals surface area contributed by atoms with Gasteiger partial charge in [-0.05, 0) is 31.5 Å². The second kappa shape index (κ2) is 5.21. The van der Waals surface area contributed by atoms with Crippen molar-refractivity contribution in [3.63, 3.8) is 0 Å². The van der Waals surface area contributed by atoms with Crippen molar-refractivity contribution in [2.45, 2.75) is 25.5 Å². The van der Waals surface area contributed by atoms with Crippen LogP contribution in [0.25, 0.3) is 0 Å². The molecule has 3 heterocycles. The van der Waals surface area contributed by atoms with Gasteiger partial charge in [-0.15, -0.1) is 0 Å². The van der Waals surface area contributed by atoms with Gasteiger partial charge in [-0.3, -0.25) is 9.69 Å². The summed E-state index contributed by atoms with van der Waals surface area (Å²) in [6, 6.07) is 10.1. The number of benzene rings is 1. The summed E-state index contributed by atoms with van der Waals surface area (Å²) < 4.78 is 5.72. The fourth-order valence-electron chi connectivity index (χ4n) is 3.00. The fraction of sp³-hybridized carbons (Fsp3) is 0.533. The molecule has 0 radical (unpaired) electrons. The maximum atomic E-state index is 12.1. The minimum absolute atomic E-state index is 0.0150. The maximum Gasteiger partial charge on any atom is 0.155 e. The molecule has 0 N–H and O–H groups in total. The Kier molecular flexibility index (Phi) is 3.43. The van der Waals surface area contributed by atoms with Gasteiger partial charge in [0, 0.05) is 5.92 Å². The Bertz CT molecular complexity index is 410. The number of hydrogen-bond donors (Lipinski definition) is 0. The van der Waals surface area contributed by atoms with Crippen LogP contribution in [0.15, 0.2) is 30.3 Å². The average molecular weight is 245 g/mol. The van der Waals surface area contributed by atoms with Crippen LogP contribution in [0, 0.1) is 5.92 Å². The predicted molar refractivity (Wildman–Crippen MR) is 69.2 cm³/mol. The molecule has 1 aromatic carbocycles. The Balaban J connectivity index is 1.53. The van der Waals surface area contributed by atoms with E-state index >= 15 is 0 Å². The summed E-state index contributed by atoms with van der Waals surface area (Å²) in [5.74, 6) is 0.709. The van der Waals surface area contributed by atoms with Gasteiger partial charge in [0.05, 0.1) is 19.3 Å². The van der Waals surface area contributed by atoms with Crippen molar-refractivity contribution < 1.29 is 9.53 Å². The van der Waals surface area contributed by atoms with Gasteiger partial charge in [-0.2, -0.15) is 0 Å². The summed E-state index contributed by atoms with van der Waals surface area (Å²) in [4.78, 5) is 14.4. The van der Waals surface area contributed by atoms with E-state index in [1.807, 2.05) is 18.2 Å². The van der Waals surface area contributed by atoms with Crippen molar-refractivity contribution in [1.29, 1.82) is 0 Å². The zero-order valence-electron chi connectivity index (χ0n) is 10.5. The van der Waals surface area contributed by atoms with Crippen LogP contribution < -0.4 is 0 Å². The normalized spacial score (nSPS) is 30.7. The molecule has 0 saturated carbocycles. The molecule has 3 heteroatoms. The highest BCUT2D eigenvalue weighted by molar-refractivity contribution is 5.88. The van der Waals surface area contributed by atoms with Crippen LogP contribution in [0.2, 0.25) is 0 Å². The van der Waals surface area contributed by atoms with Crippen molar-refractivity contribution in [2.24, 2.45) is 5.92 Å². The SMILES string of the molecule is O=C1C2CCN(CC2)C1COCc1ccccc1. The molecule has 3 saturated heterocycles. The first-order valence-corrected chi connectivity index (χ1v) is 6.74. The number of Topliss-reactive ketones (excluding diaryl/α,β-unsaturated/α-hetero) is 1. The molecule has 3 aliphatic heterocycles. The quantitative estimate of drug-likeness (QED) is 0.811. The number of carbonyl (C=O) groups is 1. The summed E-state index contributed by atoms with van der Waals surface area (Å²) in [6.07, 6.45) is 2.10. The van der Waals surface area contributed by atoms with Crippen LogP contribution in [0.4, 0.5) is 0 Å². The predicted octanol–water partition coefficient (Wildman–Crippen LogP) is 1.87. The van der Waals surface area contributed by atoms with E-state index in [0.29, 0.717) is 24.9 Å². The maximum absolute atomic E-state index is 12.1. The summed E-state index contributed by atoms with van der Waals surface area (Å²) >= 11 is 0. The standard InChI is InChI=1S/C15H19NO2/c17-15-13-6-8-16(9-7-13)14(15)11-18-10-12-4-2-1-3-5-12/h1-5,13-14H,6-11H2. The summed E-state index contributed by atoms with van der Waals surface area (Å²) in [5, 5.41) is 0. The van der Waals surface area contributed by atoms with E-state index < -0.39 is 0 Å². The first kappa shape index (κ1) is 11.9. The first-order chi connectivity index (χ1) is 8.84. The van der Waals surface area contributed by atoms with Gasteiger partial charge in [-0.25, -0.2) is 0 Å². The third-order valence-corrected chi connectivity index (χ3v) is 4.09. The van der Waals surface area contributed by atoms with E-state index in [1.54, 1.807) is 0 Å². The highest BCUT2D eigenvalue weighted by atomic mass is 16.5. The largest absolute Gasteiger partial charge is 0.375 e. The molecular formula is C15H19NO2. The zero-order valence-corrected chi connectivity index (χ0v) is 10.5. The van der Waals surface area contributed by atoms with Crippen LogP contribution in [0.3, 0.4) is 0 Å². The van der Waals surface area contributed by atoms with Crippen LogP contribution in [0.1, 0.15) is 18.4 Å². The Morgan fingerprint density at radius 2 is 1.89 bits per heavy atom. The number of fused-ring (bicyclic) bond motifs is 3. The van der Waals surface area contributed by atoms with Crippen molar-refractivity contribution in [1.82, 2.24) is 4.90 Å². The zero-order chi connectivity index (χ0) is 12.4. The lowest BCUT2D eigenvalue weighted by molar-refractivity contribution is -0.140. The van der Waals surface area contributed by atoms with E-state index in [2.05, 4.69) is 17.0 Å². The van der Waals surface area contributed by atoms with E-state index in [-0.39, 0.29) is 6.04 Å². The second-order valence-electron chi connectivity index (χ2n) is 5.23. The highest BCUT2D eigenvalue weighted by Crippen LogP contribution is 2.29. The number of nitrogens with zero attached hydrogens (tertiary/aromatic N) is 1. The van der Waals surface area contributed by atoms with Crippen molar-refractivity contribution >= 4 is 5.78 Å². The molecule has 1 unspecified atom stereocenters.